The number of anilines is 2. The van der Waals surface area contributed by atoms with Gasteiger partial charge in [0.05, 0.1) is 24.1 Å². The maximum absolute atomic E-state index is 13.7. The van der Waals surface area contributed by atoms with Crippen molar-refractivity contribution in [2.45, 2.75) is 19.0 Å². The third-order valence-electron chi connectivity index (χ3n) is 5.27. The van der Waals surface area contributed by atoms with Crippen molar-refractivity contribution < 1.29 is 22.7 Å². The number of ether oxygens (including phenoxy) is 1. The Morgan fingerprint density at radius 1 is 1.10 bits per heavy atom. The van der Waals surface area contributed by atoms with Crippen molar-refractivity contribution in [1.82, 2.24) is 9.97 Å². The third-order valence-corrected chi connectivity index (χ3v) is 5.27. The smallest absolute Gasteiger partial charge is 0.437 e. The Bertz CT molecular complexity index is 1090. The molecule has 31 heavy (non-hydrogen) atoms. The summed E-state index contributed by atoms with van der Waals surface area (Å²) in [4.78, 5) is 22.4. The summed E-state index contributed by atoms with van der Waals surface area (Å²) in [5.41, 5.74) is 0.145. The zero-order valence-electron chi connectivity index (χ0n) is 16.8. The van der Waals surface area contributed by atoms with Crippen molar-refractivity contribution in [3.05, 3.63) is 54.2 Å². The second kappa shape index (κ2) is 8.41. The van der Waals surface area contributed by atoms with Crippen molar-refractivity contribution >= 4 is 28.4 Å². The number of hydrogen-bond acceptors (Lipinski definition) is 5. The zero-order valence-corrected chi connectivity index (χ0v) is 16.8. The standard InChI is InChI=1S/C22H21F3N4O2/c1-31-16-10-8-15(9-11-16)26-21(30)14-5-4-12-29(13-14)20-19(22(23,24)25)27-17-6-2-3-7-18(17)28-20/h2-3,6-11,14H,4-5,12-13H2,1H3,(H,26,30)/t14-/m1/s1. The summed E-state index contributed by atoms with van der Waals surface area (Å²) in [5.74, 6) is -0.271. The number of carbonyl (C=O) groups is 1. The maximum Gasteiger partial charge on any atom is 0.437 e. The Kier molecular flexibility index (Phi) is 5.67. The molecule has 1 fully saturated rings. The van der Waals surface area contributed by atoms with Crippen LogP contribution < -0.4 is 15.0 Å². The van der Waals surface area contributed by atoms with E-state index in [-0.39, 0.29) is 23.8 Å². The van der Waals surface area contributed by atoms with E-state index >= 15 is 0 Å². The second-order valence-corrected chi connectivity index (χ2v) is 7.39. The molecular weight excluding hydrogens is 409 g/mol. The van der Waals surface area contributed by atoms with Gasteiger partial charge in [0, 0.05) is 18.8 Å². The molecule has 1 amide bonds. The molecule has 1 aliphatic heterocycles. The highest BCUT2D eigenvalue weighted by molar-refractivity contribution is 5.93. The lowest BCUT2D eigenvalue weighted by Crippen LogP contribution is -2.42. The first-order chi connectivity index (χ1) is 14.8. The van der Waals surface area contributed by atoms with Crippen LogP contribution in [0.1, 0.15) is 18.5 Å². The van der Waals surface area contributed by atoms with E-state index in [2.05, 4.69) is 15.3 Å². The third kappa shape index (κ3) is 4.55. The second-order valence-electron chi connectivity index (χ2n) is 7.39. The Balaban J connectivity index is 1.57. The summed E-state index contributed by atoms with van der Waals surface area (Å²) >= 11 is 0. The van der Waals surface area contributed by atoms with E-state index in [0.29, 0.717) is 36.3 Å². The molecule has 3 aromatic rings. The lowest BCUT2D eigenvalue weighted by Gasteiger charge is -2.34. The SMILES string of the molecule is COc1ccc(NC(=O)[C@@H]2CCCN(c3nc4ccccc4nc3C(F)(F)F)C2)cc1. The van der Waals surface area contributed by atoms with E-state index in [1.165, 1.54) is 11.0 Å². The molecule has 4 rings (SSSR count). The molecule has 0 bridgehead atoms. The average Bonchev–Trinajstić information content (AvgIpc) is 2.78. The van der Waals surface area contributed by atoms with Crippen LogP contribution in [0.25, 0.3) is 11.0 Å². The monoisotopic (exact) mass is 430 g/mol. The lowest BCUT2D eigenvalue weighted by molar-refractivity contribution is -0.140. The molecule has 6 nitrogen and oxygen atoms in total. The Labute approximate surface area is 177 Å². The number of carbonyl (C=O) groups excluding carboxylic acids is 1. The Morgan fingerprint density at radius 2 is 1.77 bits per heavy atom. The number of methoxy groups -OCH3 is 1. The first-order valence-corrected chi connectivity index (χ1v) is 9.89. The number of piperidine rings is 1. The van der Waals surface area contributed by atoms with Gasteiger partial charge in [-0.3, -0.25) is 4.79 Å². The number of hydrogen-bond donors (Lipinski definition) is 1. The molecule has 1 aromatic heterocycles. The molecule has 0 aliphatic carbocycles. The zero-order chi connectivity index (χ0) is 22.0. The van der Waals surface area contributed by atoms with Crippen molar-refractivity contribution in [3.63, 3.8) is 0 Å². The maximum atomic E-state index is 13.7. The molecule has 9 heteroatoms. The highest BCUT2D eigenvalue weighted by Crippen LogP contribution is 2.36. The van der Waals surface area contributed by atoms with Crippen molar-refractivity contribution in [3.8, 4) is 5.75 Å². The van der Waals surface area contributed by atoms with Gasteiger partial charge in [-0.1, -0.05) is 12.1 Å². The first kappa shape index (κ1) is 20.9. The van der Waals surface area contributed by atoms with Gasteiger partial charge in [-0.05, 0) is 49.2 Å². The summed E-state index contributed by atoms with van der Waals surface area (Å²) in [6, 6.07) is 13.3. The molecule has 0 unspecified atom stereocenters. The van der Waals surface area contributed by atoms with Crippen LogP contribution in [0.4, 0.5) is 24.7 Å². The molecule has 2 aromatic carbocycles. The molecule has 1 N–H and O–H groups in total. The largest absolute Gasteiger partial charge is 0.497 e. The molecule has 1 saturated heterocycles. The van der Waals surface area contributed by atoms with Gasteiger partial charge in [0.15, 0.2) is 11.5 Å². The van der Waals surface area contributed by atoms with Gasteiger partial charge < -0.3 is 15.0 Å². The predicted molar refractivity (Wildman–Crippen MR) is 111 cm³/mol. The van der Waals surface area contributed by atoms with Crippen molar-refractivity contribution in [1.29, 1.82) is 0 Å². The van der Waals surface area contributed by atoms with Crippen LogP contribution in [0.2, 0.25) is 0 Å². The molecule has 1 aliphatic rings. The van der Waals surface area contributed by atoms with E-state index in [9.17, 15) is 18.0 Å². The number of alkyl halides is 3. The number of fused-ring (bicyclic) bond motifs is 1. The number of nitrogens with zero attached hydrogens (tertiary/aromatic N) is 3. The Morgan fingerprint density at radius 3 is 2.42 bits per heavy atom. The average molecular weight is 430 g/mol. The summed E-state index contributed by atoms with van der Waals surface area (Å²) < 4.78 is 46.3. The van der Waals surface area contributed by atoms with E-state index < -0.39 is 17.8 Å². The van der Waals surface area contributed by atoms with Crippen LogP contribution in [-0.4, -0.2) is 36.1 Å². The van der Waals surface area contributed by atoms with E-state index in [4.69, 9.17) is 4.74 Å². The number of halogens is 3. The van der Waals surface area contributed by atoms with Gasteiger partial charge in [-0.2, -0.15) is 13.2 Å². The number of amides is 1. The van der Waals surface area contributed by atoms with Crippen LogP contribution in [0.5, 0.6) is 5.75 Å². The van der Waals surface area contributed by atoms with Gasteiger partial charge in [0.25, 0.3) is 0 Å². The summed E-state index contributed by atoms with van der Waals surface area (Å²) in [5, 5.41) is 2.83. The van der Waals surface area contributed by atoms with Crippen molar-refractivity contribution in [2.24, 2.45) is 5.92 Å². The normalized spacial score (nSPS) is 16.9. The molecule has 0 saturated carbocycles. The highest BCUT2D eigenvalue weighted by Gasteiger charge is 2.40. The van der Waals surface area contributed by atoms with E-state index in [1.807, 2.05) is 0 Å². The van der Waals surface area contributed by atoms with Gasteiger partial charge in [0.1, 0.15) is 5.75 Å². The fraction of sp³-hybridized carbons (Fsp3) is 0.318. The van der Waals surface area contributed by atoms with Crippen LogP contribution >= 0.6 is 0 Å². The topological polar surface area (TPSA) is 67.3 Å². The highest BCUT2D eigenvalue weighted by atomic mass is 19.4. The molecule has 0 spiro atoms. The van der Waals surface area contributed by atoms with Gasteiger partial charge in [0.2, 0.25) is 5.91 Å². The molecular formula is C22H21F3N4O2. The first-order valence-electron chi connectivity index (χ1n) is 9.89. The number of rotatable bonds is 4. The minimum absolute atomic E-state index is 0.137. The van der Waals surface area contributed by atoms with Crippen LogP contribution in [0.15, 0.2) is 48.5 Å². The number of nitrogens with one attached hydrogen (secondary N) is 1. The van der Waals surface area contributed by atoms with Crippen LogP contribution in [-0.2, 0) is 11.0 Å². The van der Waals surface area contributed by atoms with Gasteiger partial charge >= 0.3 is 6.18 Å². The minimum atomic E-state index is -4.65. The number of benzene rings is 2. The van der Waals surface area contributed by atoms with E-state index in [1.54, 1.807) is 49.6 Å². The number of para-hydroxylation sites is 2. The fourth-order valence-electron chi connectivity index (χ4n) is 3.70. The number of aromatic nitrogens is 2. The fourth-order valence-corrected chi connectivity index (χ4v) is 3.70. The Hall–Kier alpha value is -3.36. The van der Waals surface area contributed by atoms with Gasteiger partial charge in [-0.25, -0.2) is 9.97 Å². The molecule has 162 valence electrons. The van der Waals surface area contributed by atoms with Crippen LogP contribution in [0.3, 0.4) is 0 Å². The summed E-state index contributed by atoms with van der Waals surface area (Å²) in [6.45, 7) is 0.514. The summed E-state index contributed by atoms with van der Waals surface area (Å²) in [7, 11) is 1.55. The molecule has 0 radical (unpaired) electrons. The summed E-state index contributed by atoms with van der Waals surface area (Å²) in [6.07, 6.45) is -3.49. The lowest BCUT2D eigenvalue weighted by atomic mass is 9.96. The minimum Gasteiger partial charge on any atom is -0.497 e. The van der Waals surface area contributed by atoms with E-state index in [0.717, 1.165) is 0 Å². The van der Waals surface area contributed by atoms with Gasteiger partial charge in [-0.15, -0.1) is 0 Å². The molecule has 2 heterocycles. The molecule has 1 atom stereocenters. The van der Waals surface area contributed by atoms with Crippen LogP contribution in [0, 0.1) is 5.92 Å². The quantitative estimate of drug-likeness (QED) is 0.660. The predicted octanol–water partition coefficient (Wildman–Crippen LogP) is 4.51. The van der Waals surface area contributed by atoms with Crippen molar-refractivity contribution in [2.75, 3.05) is 30.4 Å².